The molecule has 0 aliphatic heterocycles. The van der Waals surface area contributed by atoms with Gasteiger partial charge < -0.3 is 15.4 Å². The van der Waals surface area contributed by atoms with Crippen LogP contribution < -0.4 is 15.4 Å². The summed E-state index contributed by atoms with van der Waals surface area (Å²) in [6.45, 7) is 4.22. The van der Waals surface area contributed by atoms with Crippen molar-refractivity contribution in [3.05, 3.63) is 23.8 Å². The van der Waals surface area contributed by atoms with Crippen molar-refractivity contribution < 1.29 is 4.74 Å². The second kappa shape index (κ2) is 4.96. The average molecular weight is 234 g/mol. The maximum atomic E-state index is 5.37. The van der Waals surface area contributed by atoms with Crippen molar-refractivity contribution in [2.75, 3.05) is 32.6 Å². The van der Waals surface area contributed by atoms with Crippen molar-refractivity contribution in [1.82, 2.24) is 5.32 Å². The molecule has 1 aliphatic rings. The van der Waals surface area contributed by atoms with Gasteiger partial charge in [0.1, 0.15) is 5.75 Å². The molecule has 0 bridgehead atoms. The van der Waals surface area contributed by atoms with Crippen molar-refractivity contribution in [1.29, 1.82) is 0 Å². The molecule has 0 saturated heterocycles. The van der Waals surface area contributed by atoms with Gasteiger partial charge in [-0.3, -0.25) is 0 Å². The summed E-state index contributed by atoms with van der Waals surface area (Å²) in [4.78, 5) is 0. The summed E-state index contributed by atoms with van der Waals surface area (Å²) in [6, 6.07) is 6.24. The lowest BCUT2D eigenvalue weighted by Crippen LogP contribution is -2.26. The van der Waals surface area contributed by atoms with E-state index in [1.165, 1.54) is 18.4 Å². The van der Waals surface area contributed by atoms with E-state index in [0.717, 1.165) is 24.5 Å². The molecule has 0 spiro atoms. The molecule has 17 heavy (non-hydrogen) atoms. The SMILES string of the molecule is CNCC1(CNc2cc(C)ccc2OC)CC1. The highest BCUT2D eigenvalue weighted by atomic mass is 16.5. The van der Waals surface area contributed by atoms with Gasteiger partial charge in [-0.1, -0.05) is 6.07 Å². The number of anilines is 1. The van der Waals surface area contributed by atoms with Crippen LogP contribution >= 0.6 is 0 Å². The molecule has 1 fully saturated rings. The number of rotatable bonds is 6. The van der Waals surface area contributed by atoms with Crippen LogP contribution in [0.1, 0.15) is 18.4 Å². The molecule has 3 heteroatoms. The molecule has 0 atom stereocenters. The first-order valence-electron chi connectivity index (χ1n) is 6.22. The number of hydrogen-bond donors (Lipinski definition) is 2. The minimum absolute atomic E-state index is 0.462. The summed E-state index contributed by atoms with van der Waals surface area (Å²) in [5, 5.41) is 6.80. The van der Waals surface area contributed by atoms with Crippen LogP contribution in [0.5, 0.6) is 5.75 Å². The summed E-state index contributed by atoms with van der Waals surface area (Å²) in [6.07, 6.45) is 2.63. The fourth-order valence-corrected chi connectivity index (χ4v) is 2.21. The molecule has 1 aromatic rings. The predicted octanol–water partition coefficient (Wildman–Crippen LogP) is 2.42. The number of hydrogen-bond acceptors (Lipinski definition) is 3. The van der Waals surface area contributed by atoms with Crippen molar-refractivity contribution >= 4 is 5.69 Å². The Kier molecular flexibility index (Phi) is 3.57. The second-order valence-electron chi connectivity index (χ2n) is 5.09. The highest BCUT2D eigenvalue weighted by molar-refractivity contribution is 5.58. The first-order valence-corrected chi connectivity index (χ1v) is 6.22. The van der Waals surface area contributed by atoms with Crippen molar-refractivity contribution in [3.8, 4) is 5.75 Å². The third-order valence-corrected chi connectivity index (χ3v) is 3.52. The Morgan fingerprint density at radius 2 is 2.06 bits per heavy atom. The van der Waals surface area contributed by atoms with Crippen LogP contribution in [0, 0.1) is 12.3 Å². The normalized spacial score (nSPS) is 16.6. The first kappa shape index (κ1) is 12.2. The molecule has 0 unspecified atom stereocenters. The highest BCUT2D eigenvalue weighted by Crippen LogP contribution is 2.45. The molecule has 94 valence electrons. The Balaban J connectivity index is 2.01. The lowest BCUT2D eigenvalue weighted by molar-refractivity contribution is 0.415. The molecule has 0 amide bonds. The molecular weight excluding hydrogens is 212 g/mol. The highest BCUT2D eigenvalue weighted by Gasteiger charge is 2.41. The molecule has 2 rings (SSSR count). The number of benzene rings is 1. The number of aryl methyl sites for hydroxylation is 1. The largest absolute Gasteiger partial charge is 0.495 e. The van der Waals surface area contributed by atoms with Crippen molar-refractivity contribution in [2.45, 2.75) is 19.8 Å². The Morgan fingerprint density at radius 1 is 1.29 bits per heavy atom. The lowest BCUT2D eigenvalue weighted by atomic mass is 10.1. The molecule has 1 saturated carbocycles. The summed E-state index contributed by atoms with van der Waals surface area (Å²) < 4.78 is 5.37. The fourth-order valence-electron chi connectivity index (χ4n) is 2.21. The van der Waals surface area contributed by atoms with Gasteiger partial charge in [0.25, 0.3) is 0 Å². The van der Waals surface area contributed by atoms with Gasteiger partial charge in [-0.25, -0.2) is 0 Å². The van der Waals surface area contributed by atoms with E-state index < -0.39 is 0 Å². The molecule has 1 aliphatic carbocycles. The van der Waals surface area contributed by atoms with Gasteiger partial charge in [0.2, 0.25) is 0 Å². The van der Waals surface area contributed by atoms with Gasteiger partial charge in [-0.15, -0.1) is 0 Å². The monoisotopic (exact) mass is 234 g/mol. The molecular formula is C14H22N2O. The quantitative estimate of drug-likeness (QED) is 0.793. The van der Waals surface area contributed by atoms with E-state index in [-0.39, 0.29) is 0 Å². The molecule has 2 N–H and O–H groups in total. The van der Waals surface area contributed by atoms with E-state index in [0.29, 0.717) is 5.41 Å². The smallest absolute Gasteiger partial charge is 0.141 e. The second-order valence-corrected chi connectivity index (χ2v) is 5.09. The van der Waals surface area contributed by atoms with Gasteiger partial charge in [0.05, 0.1) is 12.8 Å². The van der Waals surface area contributed by atoms with Crippen LogP contribution in [-0.2, 0) is 0 Å². The first-order chi connectivity index (χ1) is 8.19. The Labute approximate surface area is 104 Å². The Bertz CT molecular complexity index is 386. The van der Waals surface area contributed by atoms with Crippen LogP contribution in [0.15, 0.2) is 18.2 Å². The van der Waals surface area contributed by atoms with E-state index in [4.69, 9.17) is 4.74 Å². The van der Waals surface area contributed by atoms with Crippen LogP contribution in [0.2, 0.25) is 0 Å². The minimum Gasteiger partial charge on any atom is -0.495 e. The number of ether oxygens (including phenoxy) is 1. The van der Waals surface area contributed by atoms with Gasteiger partial charge in [-0.2, -0.15) is 0 Å². The van der Waals surface area contributed by atoms with Crippen LogP contribution in [0.3, 0.4) is 0 Å². The summed E-state index contributed by atoms with van der Waals surface area (Å²) in [7, 11) is 3.74. The Hall–Kier alpha value is -1.22. The third-order valence-electron chi connectivity index (χ3n) is 3.52. The number of nitrogens with one attached hydrogen (secondary N) is 2. The van der Waals surface area contributed by atoms with Crippen molar-refractivity contribution in [2.24, 2.45) is 5.41 Å². The van der Waals surface area contributed by atoms with Gasteiger partial charge in [0.15, 0.2) is 0 Å². The molecule has 0 heterocycles. The van der Waals surface area contributed by atoms with E-state index >= 15 is 0 Å². The number of methoxy groups -OCH3 is 1. The molecule has 3 nitrogen and oxygen atoms in total. The van der Waals surface area contributed by atoms with Gasteiger partial charge in [-0.05, 0) is 44.5 Å². The third kappa shape index (κ3) is 2.91. The summed E-state index contributed by atoms with van der Waals surface area (Å²) in [5.74, 6) is 0.927. The van der Waals surface area contributed by atoms with Gasteiger partial charge >= 0.3 is 0 Å². The van der Waals surface area contributed by atoms with Crippen LogP contribution in [0.25, 0.3) is 0 Å². The standard InChI is InChI=1S/C14H22N2O/c1-11-4-5-13(17-3)12(8-11)16-10-14(6-7-14)9-15-2/h4-5,8,15-16H,6-7,9-10H2,1-3H3. The zero-order chi connectivity index (χ0) is 12.3. The molecule has 0 aromatic heterocycles. The molecule has 0 radical (unpaired) electrons. The lowest BCUT2D eigenvalue weighted by Gasteiger charge is -2.18. The van der Waals surface area contributed by atoms with Gasteiger partial charge in [0, 0.05) is 18.5 Å². The molecule has 1 aromatic carbocycles. The van der Waals surface area contributed by atoms with E-state index in [1.807, 2.05) is 13.1 Å². The minimum atomic E-state index is 0.462. The van der Waals surface area contributed by atoms with E-state index in [9.17, 15) is 0 Å². The predicted molar refractivity (Wildman–Crippen MR) is 71.8 cm³/mol. The van der Waals surface area contributed by atoms with E-state index in [2.05, 4.69) is 29.7 Å². The zero-order valence-electron chi connectivity index (χ0n) is 11.0. The summed E-state index contributed by atoms with van der Waals surface area (Å²) in [5.41, 5.74) is 2.82. The zero-order valence-corrected chi connectivity index (χ0v) is 11.0. The van der Waals surface area contributed by atoms with Crippen molar-refractivity contribution in [3.63, 3.8) is 0 Å². The Morgan fingerprint density at radius 3 is 2.65 bits per heavy atom. The maximum absolute atomic E-state index is 5.37. The topological polar surface area (TPSA) is 33.3 Å². The average Bonchev–Trinajstić information content (AvgIpc) is 3.08. The van der Waals surface area contributed by atoms with E-state index in [1.54, 1.807) is 7.11 Å². The maximum Gasteiger partial charge on any atom is 0.141 e. The van der Waals surface area contributed by atoms with Crippen LogP contribution in [0.4, 0.5) is 5.69 Å². The summed E-state index contributed by atoms with van der Waals surface area (Å²) >= 11 is 0. The van der Waals surface area contributed by atoms with Crippen LogP contribution in [-0.4, -0.2) is 27.2 Å². The fraction of sp³-hybridized carbons (Fsp3) is 0.571.